The lowest BCUT2D eigenvalue weighted by molar-refractivity contribution is -0.167. The van der Waals surface area contributed by atoms with Crippen molar-refractivity contribution in [3.63, 3.8) is 0 Å². The molecule has 0 spiro atoms. The molecule has 0 bridgehead atoms. The molecule has 36 heavy (non-hydrogen) atoms. The van der Waals surface area contributed by atoms with Crippen molar-refractivity contribution in [2.75, 3.05) is 19.0 Å². The molecule has 1 N–H and O–H groups in total. The minimum Gasteiger partial charge on any atom is -0.497 e. The third-order valence-corrected chi connectivity index (χ3v) is 6.44. The molecule has 0 saturated heterocycles. The zero-order valence-corrected chi connectivity index (χ0v) is 21.6. The van der Waals surface area contributed by atoms with Crippen molar-refractivity contribution in [3.8, 4) is 11.5 Å². The minimum atomic E-state index is -0.609. The number of hydrogen-bond acceptors (Lipinski definition) is 5. The molecule has 3 aromatic carbocycles. The smallest absolute Gasteiger partial charge is 0.132 e. The number of unbranched alkanes of at least 4 members (excludes halogenated alkanes) is 1. The fraction of sp³-hybridized carbons (Fsp3) is 0.400. The summed E-state index contributed by atoms with van der Waals surface area (Å²) in [5.41, 5.74) is 3.40. The van der Waals surface area contributed by atoms with Crippen molar-refractivity contribution >= 4 is 5.69 Å². The van der Waals surface area contributed by atoms with Crippen LogP contribution in [0.15, 0.2) is 66.7 Å². The second-order valence-corrected chi connectivity index (χ2v) is 9.66. The number of fused-ring (bicyclic) bond motifs is 1. The van der Waals surface area contributed by atoms with Crippen LogP contribution in [0.5, 0.6) is 11.5 Å². The predicted molar refractivity (Wildman–Crippen MR) is 140 cm³/mol. The first-order chi connectivity index (χ1) is 17.4. The fourth-order valence-corrected chi connectivity index (χ4v) is 4.38. The van der Waals surface area contributed by atoms with E-state index in [0.29, 0.717) is 19.8 Å². The van der Waals surface area contributed by atoms with Gasteiger partial charge in [0.25, 0.3) is 0 Å². The van der Waals surface area contributed by atoms with E-state index < -0.39 is 5.60 Å². The van der Waals surface area contributed by atoms with Crippen LogP contribution in [0.1, 0.15) is 56.4 Å². The highest BCUT2D eigenvalue weighted by Crippen LogP contribution is 2.44. The Morgan fingerprint density at radius 3 is 2.36 bits per heavy atom. The van der Waals surface area contributed by atoms with Crippen molar-refractivity contribution in [1.82, 2.24) is 0 Å². The Balaban J connectivity index is 1.55. The Labute approximate surface area is 213 Å². The van der Waals surface area contributed by atoms with E-state index in [0.717, 1.165) is 46.7 Å². The molecule has 4 rings (SSSR count). The number of hydrogen-bond donors (Lipinski definition) is 1. The van der Waals surface area contributed by atoms with Gasteiger partial charge < -0.3 is 24.3 Å². The molecule has 0 amide bonds. The highest BCUT2D eigenvalue weighted by molar-refractivity contribution is 5.54. The number of nitrogens with one attached hydrogen (secondary N) is 1. The van der Waals surface area contributed by atoms with Crippen LogP contribution in [0.2, 0.25) is 0 Å². The van der Waals surface area contributed by atoms with Gasteiger partial charge in [-0.25, -0.2) is 4.39 Å². The van der Waals surface area contributed by atoms with Crippen molar-refractivity contribution in [3.05, 3.63) is 89.2 Å². The van der Waals surface area contributed by atoms with Crippen LogP contribution in [0.4, 0.5) is 10.1 Å². The molecule has 0 aromatic heterocycles. The van der Waals surface area contributed by atoms with Crippen molar-refractivity contribution in [2.24, 2.45) is 0 Å². The first-order valence-electron chi connectivity index (χ1n) is 12.6. The summed E-state index contributed by atoms with van der Waals surface area (Å²) in [7, 11) is 1.67. The van der Waals surface area contributed by atoms with Crippen molar-refractivity contribution < 1.29 is 23.3 Å². The normalized spacial score (nSPS) is 18.2. The zero-order chi connectivity index (χ0) is 25.5. The first kappa shape index (κ1) is 26.0. The van der Waals surface area contributed by atoms with Gasteiger partial charge in [0, 0.05) is 24.4 Å². The maximum absolute atomic E-state index is 13.4. The van der Waals surface area contributed by atoms with E-state index in [1.54, 1.807) is 19.2 Å². The van der Waals surface area contributed by atoms with E-state index in [4.69, 9.17) is 18.9 Å². The summed E-state index contributed by atoms with van der Waals surface area (Å²) < 4.78 is 37.9. The molecule has 0 saturated carbocycles. The maximum Gasteiger partial charge on any atom is 0.132 e. The highest BCUT2D eigenvalue weighted by Gasteiger charge is 2.45. The molecule has 5 nitrogen and oxygen atoms in total. The average molecular weight is 494 g/mol. The second kappa shape index (κ2) is 11.8. The first-order valence-corrected chi connectivity index (χ1v) is 12.6. The Morgan fingerprint density at radius 1 is 0.944 bits per heavy atom. The number of halogens is 1. The molecule has 0 fully saturated rings. The summed E-state index contributed by atoms with van der Waals surface area (Å²) in [6.07, 6.45) is 1.37. The topological polar surface area (TPSA) is 49.0 Å². The summed E-state index contributed by atoms with van der Waals surface area (Å²) in [5, 5.41) is 3.51. The summed E-state index contributed by atoms with van der Waals surface area (Å²) in [6.45, 7) is 7.86. The van der Waals surface area contributed by atoms with Crippen molar-refractivity contribution in [2.45, 2.75) is 64.6 Å². The van der Waals surface area contributed by atoms with E-state index >= 15 is 0 Å². The van der Waals surface area contributed by atoms with Gasteiger partial charge in [-0.05, 0) is 73.9 Å². The summed E-state index contributed by atoms with van der Waals surface area (Å²) in [4.78, 5) is 0. The van der Waals surface area contributed by atoms with Crippen LogP contribution in [0, 0.1) is 5.82 Å². The lowest BCUT2D eigenvalue weighted by atomic mass is 9.87. The van der Waals surface area contributed by atoms with E-state index in [9.17, 15) is 4.39 Å². The number of anilines is 1. The highest BCUT2D eigenvalue weighted by atomic mass is 19.1. The van der Waals surface area contributed by atoms with Gasteiger partial charge in [0.2, 0.25) is 0 Å². The van der Waals surface area contributed by atoms with Gasteiger partial charge >= 0.3 is 0 Å². The summed E-state index contributed by atoms with van der Waals surface area (Å²) >= 11 is 0. The quantitative estimate of drug-likeness (QED) is 0.290. The van der Waals surface area contributed by atoms with Crippen LogP contribution in [-0.4, -0.2) is 25.4 Å². The minimum absolute atomic E-state index is 0.260. The SMILES string of the molecule is CCCCOC1c2cc(NCc3ccc(OC)cc3)ccc2OC(C)(C)C1OCc1ccc(F)cc1. The standard InChI is InChI=1S/C30H36FNO4/c1-5-6-17-34-28-26-18-24(32-19-21-9-14-25(33-4)15-10-21)13-16-27(26)36-30(2,3)29(28)35-20-22-7-11-23(31)12-8-22/h7-16,18,28-29,32H,5-6,17,19-20H2,1-4H3. The van der Waals surface area contributed by atoms with E-state index in [1.807, 2.05) is 50.2 Å². The van der Waals surface area contributed by atoms with Gasteiger partial charge in [-0.3, -0.25) is 0 Å². The zero-order valence-electron chi connectivity index (χ0n) is 21.6. The summed E-state index contributed by atoms with van der Waals surface area (Å²) in [5.74, 6) is 1.38. The molecule has 0 radical (unpaired) electrons. The monoisotopic (exact) mass is 493 g/mol. The Kier molecular flexibility index (Phi) is 8.49. The maximum atomic E-state index is 13.4. The van der Waals surface area contributed by atoms with Crippen LogP contribution >= 0.6 is 0 Å². The van der Waals surface area contributed by atoms with Crippen LogP contribution < -0.4 is 14.8 Å². The number of ether oxygens (including phenoxy) is 4. The van der Waals surface area contributed by atoms with Crippen LogP contribution in [0.25, 0.3) is 0 Å². The molecule has 0 aliphatic carbocycles. The fourth-order valence-electron chi connectivity index (χ4n) is 4.38. The molecule has 2 unspecified atom stereocenters. The van der Waals surface area contributed by atoms with Crippen molar-refractivity contribution in [1.29, 1.82) is 0 Å². The largest absolute Gasteiger partial charge is 0.497 e. The van der Waals surface area contributed by atoms with Gasteiger partial charge in [-0.15, -0.1) is 0 Å². The third-order valence-electron chi connectivity index (χ3n) is 6.44. The molecule has 1 aliphatic rings. The van der Waals surface area contributed by atoms with Gasteiger partial charge in [0.1, 0.15) is 35.1 Å². The molecule has 3 aromatic rings. The van der Waals surface area contributed by atoms with Gasteiger partial charge in [-0.2, -0.15) is 0 Å². The van der Waals surface area contributed by atoms with E-state index in [2.05, 4.69) is 18.3 Å². The molecule has 6 heteroatoms. The number of methoxy groups -OCH3 is 1. The predicted octanol–water partition coefficient (Wildman–Crippen LogP) is 7.06. The van der Waals surface area contributed by atoms with Crippen LogP contribution in [-0.2, 0) is 22.6 Å². The van der Waals surface area contributed by atoms with Gasteiger partial charge in [-0.1, -0.05) is 37.6 Å². The lowest BCUT2D eigenvalue weighted by Crippen LogP contribution is -2.51. The Morgan fingerprint density at radius 2 is 1.67 bits per heavy atom. The second-order valence-electron chi connectivity index (χ2n) is 9.66. The lowest BCUT2D eigenvalue weighted by Gasteiger charge is -2.44. The molecule has 2 atom stereocenters. The van der Waals surface area contributed by atoms with E-state index in [1.165, 1.54) is 12.1 Å². The Hall–Kier alpha value is -3.09. The molecular formula is C30H36FNO4. The van der Waals surface area contributed by atoms with Gasteiger partial charge in [0.05, 0.1) is 13.7 Å². The third kappa shape index (κ3) is 6.37. The van der Waals surface area contributed by atoms with Crippen LogP contribution in [0.3, 0.4) is 0 Å². The molecule has 192 valence electrons. The summed E-state index contributed by atoms with van der Waals surface area (Å²) in [6, 6.07) is 20.5. The average Bonchev–Trinajstić information content (AvgIpc) is 2.88. The van der Waals surface area contributed by atoms with E-state index in [-0.39, 0.29) is 18.0 Å². The Bertz CT molecular complexity index is 1110. The molecule has 1 heterocycles. The number of rotatable bonds is 11. The molecule has 1 aliphatic heterocycles. The number of benzene rings is 3. The molecular weight excluding hydrogens is 457 g/mol. The van der Waals surface area contributed by atoms with Gasteiger partial charge in [0.15, 0.2) is 0 Å².